The molecular weight excluding hydrogens is 241 g/mol. The number of terminal acetylenes is 1. The van der Waals surface area contributed by atoms with E-state index in [4.69, 9.17) is 6.42 Å². The second-order valence-corrected chi connectivity index (χ2v) is 4.80. The Hall–Kier alpha value is -1.23. The quantitative estimate of drug-likeness (QED) is 0.613. The molecule has 0 saturated carbocycles. The van der Waals surface area contributed by atoms with Crippen LogP contribution in [0.5, 0.6) is 0 Å². The van der Waals surface area contributed by atoms with Crippen LogP contribution in [0.15, 0.2) is 24.3 Å². The monoisotopic (exact) mass is 253 g/mol. The van der Waals surface area contributed by atoms with Crippen molar-refractivity contribution < 1.29 is 4.79 Å². The molecule has 0 radical (unpaired) electrons. The molecular formula is C11H11NOSe. The van der Waals surface area contributed by atoms with Gasteiger partial charge < -0.3 is 0 Å². The van der Waals surface area contributed by atoms with E-state index in [1.54, 1.807) is 7.05 Å². The average molecular weight is 252 g/mol. The van der Waals surface area contributed by atoms with Crippen molar-refractivity contribution in [3.63, 3.8) is 0 Å². The Bertz CT molecular complexity index is 351. The molecule has 0 unspecified atom stereocenters. The summed E-state index contributed by atoms with van der Waals surface area (Å²) in [6.07, 6.45) is 5.18. The predicted octanol–water partition coefficient (Wildman–Crippen LogP) is 0.427. The molecule has 3 heteroatoms. The van der Waals surface area contributed by atoms with Crippen LogP contribution >= 0.6 is 0 Å². The van der Waals surface area contributed by atoms with Gasteiger partial charge in [-0.3, -0.25) is 0 Å². The fourth-order valence-electron chi connectivity index (χ4n) is 0.972. The maximum absolute atomic E-state index is 11.2. The van der Waals surface area contributed by atoms with Crippen LogP contribution in [-0.2, 0) is 0 Å². The van der Waals surface area contributed by atoms with Crippen molar-refractivity contribution in [2.75, 3.05) is 7.05 Å². The van der Waals surface area contributed by atoms with Crippen molar-refractivity contribution in [2.24, 2.45) is 0 Å². The zero-order valence-electron chi connectivity index (χ0n) is 7.91. The molecule has 0 bridgehead atoms. The topological polar surface area (TPSA) is 29.1 Å². The van der Waals surface area contributed by atoms with Crippen LogP contribution < -0.4 is 9.78 Å². The van der Waals surface area contributed by atoms with E-state index in [0.29, 0.717) is 20.5 Å². The minimum atomic E-state index is -0.0546. The van der Waals surface area contributed by atoms with E-state index in [9.17, 15) is 4.79 Å². The average Bonchev–Trinajstić information content (AvgIpc) is 2.26. The summed E-state index contributed by atoms with van der Waals surface area (Å²) in [5, 5.41) is 3.38. The van der Waals surface area contributed by atoms with Crippen LogP contribution in [0.3, 0.4) is 0 Å². The first kappa shape index (κ1) is 10.8. The second kappa shape index (κ2) is 5.49. The maximum atomic E-state index is 11.2. The van der Waals surface area contributed by atoms with Crippen molar-refractivity contribution in [1.82, 2.24) is 5.32 Å². The molecule has 0 aliphatic heterocycles. The van der Waals surface area contributed by atoms with Gasteiger partial charge in [0.25, 0.3) is 0 Å². The van der Waals surface area contributed by atoms with Gasteiger partial charge in [0.2, 0.25) is 0 Å². The third-order valence-corrected chi connectivity index (χ3v) is 3.59. The SMILES string of the molecule is C#CC[Se]c1ccc(C(=O)NC)cc1. The fourth-order valence-corrected chi connectivity index (χ4v) is 2.19. The van der Waals surface area contributed by atoms with E-state index >= 15 is 0 Å². The summed E-state index contributed by atoms with van der Waals surface area (Å²) in [5.41, 5.74) is 0.688. The van der Waals surface area contributed by atoms with Crippen molar-refractivity contribution in [1.29, 1.82) is 0 Å². The van der Waals surface area contributed by atoms with Gasteiger partial charge in [-0.1, -0.05) is 0 Å². The molecule has 2 nitrogen and oxygen atoms in total. The van der Waals surface area contributed by atoms with Gasteiger partial charge >= 0.3 is 90.0 Å². The van der Waals surface area contributed by atoms with E-state index in [0.717, 1.165) is 5.32 Å². The number of rotatable bonds is 3. The fraction of sp³-hybridized carbons (Fsp3) is 0.182. The number of nitrogens with one attached hydrogen (secondary N) is 1. The van der Waals surface area contributed by atoms with E-state index in [1.807, 2.05) is 24.3 Å². The zero-order chi connectivity index (χ0) is 10.4. The minimum absolute atomic E-state index is 0.0546. The molecule has 1 aromatic carbocycles. The first-order chi connectivity index (χ1) is 6.77. The molecule has 0 atom stereocenters. The Morgan fingerprint density at radius 3 is 2.64 bits per heavy atom. The molecule has 0 aliphatic rings. The van der Waals surface area contributed by atoms with E-state index < -0.39 is 0 Å². The Labute approximate surface area is 90.2 Å². The zero-order valence-corrected chi connectivity index (χ0v) is 9.62. The van der Waals surface area contributed by atoms with Gasteiger partial charge in [0.05, 0.1) is 0 Å². The van der Waals surface area contributed by atoms with Gasteiger partial charge in [-0.15, -0.1) is 0 Å². The molecule has 0 spiro atoms. The molecule has 14 heavy (non-hydrogen) atoms. The molecule has 0 aromatic heterocycles. The Kier molecular flexibility index (Phi) is 4.25. The van der Waals surface area contributed by atoms with Crippen LogP contribution in [0.2, 0.25) is 5.32 Å². The van der Waals surface area contributed by atoms with Crippen LogP contribution in [0.4, 0.5) is 0 Å². The van der Waals surface area contributed by atoms with Gasteiger partial charge in [-0.25, -0.2) is 0 Å². The summed E-state index contributed by atoms with van der Waals surface area (Å²) in [6.45, 7) is 0. The third kappa shape index (κ3) is 2.92. The Morgan fingerprint density at radius 2 is 2.14 bits per heavy atom. The first-order valence-electron chi connectivity index (χ1n) is 4.16. The van der Waals surface area contributed by atoms with Gasteiger partial charge in [0, 0.05) is 0 Å². The van der Waals surface area contributed by atoms with Crippen LogP contribution in [-0.4, -0.2) is 27.9 Å². The molecule has 0 heterocycles. The summed E-state index contributed by atoms with van der Waals surface area (Å²) in [5.74, 6) is 2.56. The molecule has 1 aromatic rings. The predicted molar refractivity (Wildman–Crippen MR) is 58.9 cm³/mol. The number of benzene rings is 1. The molecule has 0 fully saturated rings. The third-order valence-electron chi connectivity index (χ3n) is 1.67. The van der Waals surface area contributed by atoms with E-state index in [-0.39, 0.29) is 5.91 Å². The number of hydrogen-bond acceptors (Lipinski definition) is 1. The number of carbonyl (C=O) groups is 1. The van der Waals surface area contributed by atoms with Crippen molar-refractivity contribution in [3.8, 4) is 12.3 Å². The second-order valence-electron chi connectivity index (χ2n) is 2.60. The number of amides is 1. The van der Waals surface area contributed by atoms with Crippen LogP contribution in [0, 0.1) is 12.3 Å². The van der Waals surface area contributed by atoms with E-state index in [1.165, 1.54) is 4.46 Å². The molecule has 0 aliphatic carbocycles. The molecule has 1 N–H and O–H groups in total. The molecule has 0 saturated heterocycles. The summed E-state index contributed by atoms with van der Waals surface area (Å²) < 4.78 is 1.23. The number of carbonyl (C=O) groups excluding carboxylic acids is 1. The Morgan fingerprint density at radius 1 is 1.50 bits per heavy atom. The van der Waals surface area contributed by atoms with Crippen LogP contribution in [0.1, 0.15) is 10.4 Å². The summed E-state index contributed by atoms with van der Waals surface area (Å²) in [4.78, 5) is 11.2. The van der Waals surface area contributed by atoms with Crippen molar-refractivity contribution in [2.45, 2.75) is 5.32 Å². The van der Waals surface area contributed by atoms with Crippen LogP contribution in [0.25, 0.3) is 0 Å². The molecule has 72 valence electrons. The first-order valence-corrected chi connectivity index (χ1v) is 6.23. The standard InChI is InChI=1S/C11H11NOSe/c1-3-8-14-10-6-4-9(5-7-10)11(13)12-2/h1,4-7H,8H2,2H3,(H,12,13). The molecule has 1 amide bonds. The summed E-state index contributed by atoms with van der Waals surface area (Å²) >= 11 is 0.329. The number of hydrogen-bond donors (Lipinski definition) is 1. The summed E-state index contributed by atoms with van der Waals surface area (Å²) in [7, 11) is 1.62. The van der Waals surface area contributed by atoms with Crippen molar-refractivity contribution >= 4 is 25.3 Å². The van der Waals surface area contributed by atoms with Gasteiger partial charge in [0.1, 0.15) is 0 Å². The van der Waals surface area contributed by atoms with Gasteiger partial charge in [-0.05, 0) is 0 Å². The van der Waals surface area contributed by atoms with Gasteiger partial charge in [0.15, 0.2) is 0 Å². The normalized spacial score (nSPS) is 9.14. The summed E-state index contributed by atoms with van der Waals surface area (Å²) in [6, 6.07) is 7.57. The van der Waals surface area contributed by atoms with E-state index in [2.05, 4.69) is 11.2 Å². The Balaban J connectivity index is 2.69. The molecule has 1 rings (SSSR count). The van der Waals surface area contributed by atoms with Gasteiger partial charge in [-0.2, -0.15) is 0 Å². The van der Waals surface area contributed by atoms with Crippen molar-refractivity contribution in [3.05, 3.63) is 29.8 Å².